The number of carbonyl (C=O) groups is 2. The van der Waals surface area contributed by atoms with Gasteiger partial charge in [-0.25, -0.2) is 8.42 Å². The molecule has 0 spiro atoms. The number of carbonyl (C=O) groups excluding carboxylic acids is 2. The van der Waals surface area contributed by atoms with Gasteiger partial charge in [0.1, 0.15) is 12.6 Å². The van der Waals surface area contributed by atoms with E-state index in [1.165, 1.54) is 4.90 Å². The van der Waals surface area contributed by atoms with Crippen molar-refractivity contribution < 1.29 is 18.0 Å². The average molecular weight is 646 g/mol. The number of nitrogens with one attached hydrogen (secondary N) is 1. The third-order valence-corrected chi connectivity index (χ3v) is 9.40. The number of halogens is 1. The van der Waals surface area contributed by atoms with Crippen LogP contribution in [0.4, 0.5) is 5.69 Å². The van der Waals surface area contributed by atoms with Gasteiger partial charge in [0.15, 0.2) is 0 Å². The van der Waals surface area contributed by atoms with Crippen LogP contribution < -0.4 is 9.62 Å². The van der Waals surface area contributed by atoms with E-state index < -0.39 is 28.5 Å². The minimum absolute atomic E-state index is 0.0538. The van der Waals surface area contributed by atoms with Gasteiger partial charge in [-0.1, -0.05) is 97.7 Å². The third-order valence-electron chi connectivity index (χ3n) is 7.38. The zero-order valence-corrected chi connectivity index (χ0v) is 27.7. The lowest BCUT2D eigenvalue weighted by Gasteiger charge is -2.34. The standard InChI is InChI=1S/C36H40ClN3O4S/c1-26(2)23-38-36(42)34(22-29-11-6-5-7-12-29)39(24-30-13-9-14-31(37)21-30)35(41)25-40(32-15-8-10-28(4)20-32)45(43,44)33-18-16-27(3)17-19-33/h5-21,26,34H,22-25H2,1-4H3,(H,38,42)/t34-/m0/s1. The largest absolute Gasteiger partial charge is 0.354 e. The molecule has 4 rings (SSSR count). The van der Waals surface area contributed by atoms with Gasteiger partial charge in [0.2, 0.25) is 11.8 Å². The number of rotatable bonds is 13. The van der Waals surface area contributed by atoms with Crippen LogP contribution in [0.15, 0.2) is 108 Å². The molecule has 9 heteroatoms. The van der Waals surface area contributed by atoms with E-state index in [4.69, 9.17) is 11.6 Å². The van der Waals surface area contributed by atoms with Gasteiger partial charge < -0.3 is 10.2 Å². The van der Waals surface area contributed by atoms with E-state index >= 15 is 0 Å². The molecule has 7 nitrogen and oxygen atoms in total. The molecule has 45 heavy (non-hydrogen) atoms. The summed E-state index contributed by atoms with van der Waals surface area (Å²) in [5, 5.41) is 3.49. The fraction of sp³-hybridized carbons (Fsp3) is 0.278. The lowest BCUT2D eigenvalue weighted by atomic mass is 10.0. The predicted octanol–water partition coefficient (Wildman–Crippen LogP) is 6.56. The van der Waals surface area contributed by atoms with Crippen molar-refractivity contribution in [3.63, 3.8) is 0 Å². The second-order valence-electron chi connectivity index (χ2n) is 11.7. The first-order valence-electron chi connectivity index (χ1n) is 15.0. The number of hydrogen-bond acceptors (Lipinski definition) is 4. The van der Waals surface area contributed by atoms with Crippen LogP contribution in [0.3, 0.4) is 0 Å². The van der Waals surface area contributed by atoms with Crippen LogP contribution in [-0.2, 0) is 32.6 Å². The molecular formula is C36H40ClN3O4S. The van der Waals surface area contributed by atoms with E-state index in [0.29, 0.717) is 22.8 Å². The molecule has 0 aliphatic heterocycles. The van der Waals surface area contributed by atoms with Crippen molar-refractivity contribution in [2.75, 3.05) is 17.4 Å². The Kier molecular flexibility index (Phi) is 11.4. The SMILES string of the molecule is Cc1ccc(S(=O)(=O)N(CC(=O)N(Cc2cccc(Cl)c2)[C@@H](Cc2ccccc2)C(=O)NCC(C)C)c2cccc(C)c2)cc1. The number of anilines is 1. The lowest BCUT2D eigenvalue weighted by molar-refractivity contribution is -0.140. The Balaban J connectivity index is 1.80. The molecule has 0 saturated heterocycles. The molecule has 4 aromatic carbocycles. The summed E-state index contributed by atoms with van der Waals surface area (Å²) in [6.45, 7) is 7.71. The minimum atomic E-state index is -4.16. The second kappa shape index (κ2) is 15.2. The highest BCUT2D eigenvalue weighted by Gasteiger charge is 2.34. The van der Waals surface area contributed by atoms with Crippen molar-refractivity contribution in [1.82, 2.24) is 10.2 Å². The summed E-state index contributed by atoms with van der Waals surface area (Å²) in [6.07, 6.45) is 0.242. The molecule has 0 unspecified atom stereocenters. The Morgan fingerprint density at radius 3 is 2.11 bits per heavy atom. The number of nitrogens with zero attached hydrogens (tertiary/aromatic N) is 2. The molecule has 0 aromatic heterocycles. The monoisotopic (exact) mass is 645 g/mol. The molecule has 1 atom stereocenters. The van der Waals surface area contributed by atoms with Gasteiger partial charge in [-0.05, 0) is 72.9 Å². The van der Waals surface area contributed by atoms with Gasteiger partial charge in [-0.2, -0.15) is 0 Å². The average Bonchev–Trinajstić information content (AvgIpc) is 3.01. The number of amides is 2. The fourth-order valence-corrected chi connectivity index (χ4v) is 6.58. The maximum Gasteiger partial charge on any atom is 0.264 e. The van der Waals surface area contributed by atoms with Gasteiger partial charge in [0, 0.05) is 24.5 Å². The van der Waals surface area contributed by atoms with Crippen molar-refractivity contribution in [1.29, 1.82) is 0 Å². The Morgan fingerprint density at radius 2 is 1.47 bits per heavy atom. The molecule has 1 N–H and O–H groups in total. The predicted molar refractivity (Wildman–Crippen MR) is 181 cm³/mol. The summed E-state index contributed by atoms with van der Waals surface area (Å²) < 4.78 is 29.4. The van der Waals surface area contributed by atoms with Crippen molar-refractivity contribution in [2.24, 2.45) is 5.92 Å². The summed E-state index contributed by atoms with van der Waals surface area (Å²) in [4.78, 5) is 29.9. The quantitative estimate of drug-likeness (QED) is 0.178. The van der Waals surface area contributed by atoms with Crippen LogP contribution >= 0.6 is 11.6 Å². The normalized spacial score (nSPS) is 12.0. The van der Waals surface area contributed by atoms with E-state index in [2.05, 4.69) is 5.32 Å². The van der Waals surface area contributed by atoms with Crippen molar-refractivity contribution >= 4 is 39.1 Å². The van der Waals surface area contributed by atoms with E-state index in [9.17, 15) is 18.0 Å². The van der Waals surface area contributed by atoms with Crippen LogP contribution in [0.2, 0.25) is 5.02 Å². The third kappa shape index (κ3) is 9.19. The topological polar surface area (TPSA) is 86.8 Å². The first-order valence-corrected chi connectivity index (χ1v) is 16.8. The second-order valence-corrected chi connectivity index (χ2v) is 14.0. The summed E-state index contributed by atoms with van der Waals surface area (Å²) >= 11 is 6.31. The molecular weight excluding hydrogens is 606 g/mol. The van der Waals surface area contributed by atoms with E-state index in [0.717, 1.165) is 21.0 Å². The molecule has 0 aliphatic rings. The summed E-state index contributed by atoms with van der Waals surface area (Å²) in [7, 11) is -4.16. The Morgan fingerprint density at radius 1 is 0.800 bits per heavy atom. The number of hydrogen-bond donors (Lipinski definition) is 1. The molecule has 236 valence electrons. The highest BCUT2D eigenvalue weighted by molar-refractivity contribution is 7.92. The maximum absolute atomic E-state index is 14.5. The van der Waals surface area contributed by atoms with Crippen LogP contribution in [0, 0.1) is 19.8 Å². The Bertz CT molecular complexity index is 1710. The molecule has 0 aliphatic carbocycles. The Labute approximate surface area is 271 Å². The molecule has 0 heterocycles. The molecule has 0 radical (unpaired) electrons. The number of aryl methyl sites for hydroxylation is 2. The fourth-order valence-electron chi connectivity index (χ4n) is 4.96. The van der Waals surface area contributed by atoms with Crippen LogP contribution in [-0.4, -0.2) is 44.3 Å². The van der Waals surface area contributed by atoms with Crippen LogP contribution in [0.1, 0.15) is 36.1 Å². The molecule has 0 bridgehead atoms. The van der Waals surface area contributed by atoms with Gasteiger partial charge >= 0.3 is 0 Å². The summed E-state index contributed by atoms with van der Waals surface area (Å²) in [6, 6.07) is 29.2. The number of benzene rings is 4. The highest BCUT2D eigenvalue weighted by Crippen LogP contribution is 2.26. The zero-order chi connectivity index (χ0) is 32.6. The maximum atomic E-state index is 14.5. The van der Waals surface area contributed by atoms with Crippen LogP contribution in [0.5, 0.6) is 0 Å². The van der Waals surface area contributed by atoms with Crippen LogP contribution in [0.25, 0.3) is 0 Å². The van der Waals surface area contributed by atoms with Gasteiger partial charge in [-0.3, -0.25) is 13.9 Å². The van der Waals surface area contributed by atoms with Gasteiger partial charge in [0.25, 0.3) is 10.0 Å². The molecule has 0 fully saturated rings. The molecule has 2 amide bonds. The lowest BCUT2D eigenvalue weighted by Crippen LogP contribution is -2.53. The zero-order valence-electron chi connectivity index (χ0n) is 26.1. The van der Waals surface area contributed by atoms with Gasteiger partial charge in [0.05, 0.1) is 10.6 Å². The first kappa shape index (κ1) is 33.7. The molecule has 0 saturated carbocycles. The van der Waals surface area contributed by atoms with E-state index in [1.807, 2.05) is 70.2 Å². The minimum Gasteiger partial charge on any atom is -0.354 e. The van der Waals surface area contributed by atoms with Crippen molar-refractivity contribution in [2.45, 2.75) is 51.6 Å². The molecule has 4 aromatic rings. The van der Waals surface area contributed by atoms with Crippen molar-refractivity contribution in [3.8, 4) is 0 Å². The summed E-state index contributed by atoms with van der Waals surface area (Å²) in [5.74, 6) is -0.640. The smallest absolute Gasteiger partial charge is 0.264 e. The van der Waals surface area contributed by atoms with E-state index in [-0.39, 0.29) is 29.7 Å². The van der Waals surface area contributed by atoms with E-state index in [1.54, 1.807) is 60.7 Å². The highest BCUT2D eigenvalue weighted by atomic mass is 35.5. The summed E-state index contributed by atoms with van der Waals surface area (Å²) in [5.41, 5.74) is 3.70. The number of sulfonamides is 1. The Hall–Kier alpha value is -4.14. The van der Waals surface area contributed by atoms with Gasteiger partial charge in [-0.15, -0.1) is 0 Å². The van der Waals surface area contributed by atoms with Crippen molar-refractivity contribution in [3.05, 3.63) is 130 Å². The first-order chi connectivity index (χ1) is 21.4.